The Morgan fingerprint density at radius 3 is 2.43 bits per heavy atom. The molecule has 0 saturated carbocycles. The first kappa shape index (κ1) is 20.1. The summed E-state index contributed by atoms with van der Waals surface area (Å²) in [5.41, 5.74) is 1.20. The van der Waals surface area contributed by atoms with Gasteiger partial charge in [-0.05, 0) is 42.1 Å². The van der Waals surface area contributed by atoms with Crippen molar-refractivity contribution in [2.45, 2.75) is 13.0 Å². The predicted octanol–water partition coefficient (Wildman–Crippen LogP) is 4.17. The van der Waals surface area contributed by atoms with Crippen LogP contribution in [0.5, 0.6) is 0 Å². The van der Waals surface area contributed by atoms with E-state index in [1.165, 1.54) is 5.70 Å². The highest BCUT2D eigenvalue weighted by Crippen LogP contribution is 2.20. The van der Waals surface area contributed by atoms with Crippen LogP contribution in [0.15, 0.2) is 58.9 Å². The molecule has 0 spiro atoms. The molecule has 0 aromatic heterocycles. The molecule has 0 bridgehead atoms. The van der Waals surface area contributed by atoms with E-state index < -0.39 is 0 Å². The van der Waals surface area contributed by atoms with Gasteiger partial charge in [-0.15, -0.1) is 0 Å². The van der Waals surface area contributed by atoms with E-state index in [0.29, 0.717) is 9.51 Å². The minimum Gasteiger partial charge on any atom is -0.373 e. The Balaban J connectivity index is 2.74. The van der Waals surface area contributed by atoms with Crippen molar-refractivity contribution in [1.29, 1.82) is 0 Å². The number of halogens is 2. The third kappa shape index (κ3) is 6.98. The van der Waals surface area contributed by atoms with Crippen molar-refractivity contribution in [2.75, 3.05) is 40.3 Å². The normalized spacial score (nSPS) is 19.1. The Morgan fingerprint density at radius 1 is 1.30 bits per heavy atom. The summed E-state index contributed by atoms with van der Waals surface area (Å²) in [6.45, 7) is 14.0. The summed E-state index contributed by atoms with van der Waals surface area (Å²) in [4.78, 5) is 6.80. The fraction of sp³-hybridized carbons (Fsp3) is 0.444. The Bertz CT molecular complexity index is 502. The summed E-state index contributed by atoms with van der Waals surface area (Å²) in [5.74, 6) is 0. The molecule has 1 fully saturated rings. The second-order valence-corrected chi connectivity index (χ2v) is 7.13. The molecule has 1 rings (SSSR count). The molecular weight excluding hydrogens is 374 g/mol. The molecule has 1 atom stereocenters. The van der Waals surface area contributed by atoms with Crippen LogP contribution in [0.3, 0.4) is 0 Å². The van der Waals surface area contributed by atoms with E-state index in [-0.39, 0.29) is 6.04 Å². The molecule has 0 amide bonds. The zero-order valence-electron chi connectivity index (χ0n) is 14.3. The summed E-state index contributed by atoms with van der Waals surface area (Å²) in [7, 11) is 4.16. The van der Waals surface area contributed by atoms with Crippen LogP contribution < -0.4 is 0 Å². The zero-order valence-corrected chi connectivity index (χ0v) is 16.6. The fourth-order valence-electron chi connectivity index (χ4n) is 2.19. The highest BCUT2D eigenvalue weighted by Gasteiger charge is 2.14. The molecule has 128 valence electrons. The van der Waals surface area contributed by atoms with E-state index in [0.717, 1.165) is 26.2 Å². The summed E-state index contributed by atoms with van der Waals surface area (Å²) in [5, 5.41) is 0.605. The van der Waals surface area contributed by atoms with Crippen LogP contribution in [0.2, 0.25) is 0 Å². The Labute approximate surface area is 154 Å². The van der Waals surface area contributed by atoms with Crippen LogP contribution in [-0.4, -0.2) is 61.0 Å². The molecule has 1 aliphatic heterocycles. The monoisotopic (exact) mass is 399 g/mol. The van der Waals surface area contributed by atoms with Gasteiger partial charge in [-0.3, -0.25) is 0 Å². The van der Waals surface area contributed by atoms with Crippen molar-refractivity contribution in [3.8, 4) is 0 Å². The van der Waals surface area contributed by atoms with Gasteiger partial charge < -0.3 is 14.7 Å². The number of rotatable bonds is 7. The summed E-state index contributed by atoms with van der Waals surface area (Å²) >= 11 is 9.40. The number of piperazine rings is 1. The summed E-state index contributed by atoms with van der Waals surface area (Å²) in [6, 6.07) is 0.219. The van der Waals surface area contributed by atoms with Gasteiger partial charge >= 0.3 is 0 Å². The van der Waals surface area contributed by atoms with Crippen molar-refractivity contribution >= 4 is 27.5 Å². The standard InChI is InChI=1S/C18H27BrClN3/c1-6-7-17(23-12-10-21(4)11-13-23)9-8-15(2)22(5)14-18(20)16(3)19/h6-9,14-15H,1,3,10-13H2,2,4-5H3/b9-8-,17-7+,18-14+. The van der Waals surface area contributed by atoms with Crippen molar-refractivity contribution in [3.63, 3.8) is 0 Å². The van der Waals surface area contributed by atoms with Crippen LogP contribution in [0, 0.1) is 0 Å². The minimum absolute atomic E-state index is 0.219. The van der Waals surface area contributed by atoms with Crippen molar-refractivity contribution < 1.29 is 0 Å². The van der Waals surface area contributed by atoms with Crippen LogP contribution in [0.1, 0.15) is 6.92 Å². The second-order valence-electron chi connectivity index (χ2n) is 5.76. The molecule has 5 heteroatoms. The van der Waals surface area contributed by atoms with Crippen LogP contribution in [0.4, 0.5) is 0 Å². The van der Waals surface area contributed by atoms with E-state index >= 15 is 0 Å². The molecule has 1 heterocycles. The van der Waals surface area contributed by atoms with E-state index in [4.69, 9.17) is 11.6 Å². The van der Waals surface area contributed by atoms with Gasteiger partial charge in [0.05, 0.1) is 5.03 Å². The molecule has 0 aliphatic carbocycles. The van der Waals surface area contributed by atoms with E-state index in [1.807, 2.05) is 19.3 Å². The van der Waals surface area contributed by atoms with Crippen molar-refractivity contribution in [3.05, 3.63) is 58.9 Å². The van der Waals surface area contributed by atoms with E-state index in [2.05, 4.69) is 76.0 Å². The van der Waals surface area contributed by atoms with Gasteiger partial charge in [0, 0.05) is 55.6 Å². The molecule has 1 aliphatic rings. The van der Waals surface area contributed by atoms with Crippen LogP contribution in [-0.2, 0) is 0 Å². The molecule has 1 unspecified atom stereocenters. The van der Waals surface area contributed by atoms with Gasteiger partial charge in [0.15, 0.2) is 0 Å². The molecule has 23 heavy (non-hydrogen) atoms. The van der Waals surface area contributed by atoms with Gasteiger partial charge in [-0.2, -0.15) is 0 Å². The lowest BCUT2D eigenvalue weighted by atomic mass is 10.2. The highest BCUT2D eigenvalue weighted by atomic mass is 79.9. The Morgan fingerprint density at radius 2 is 1.91 bits per heavy atom. The maximum atomic E-state index is 6.11. The Kier molecular flexibility index (Phi) is 8.74. The van der Waals surface area contributed by atoms with Gasteiger partial charge in [0.1, 0.15) is 0 Å². The van der Waals surface area contributed by atoms with Gasteiger partial charge in [-0.25, -0.2) is 0 Å². The molecule has 0 aromatic rings. The lowest BCUT2D eigenvalue weighted by molar-refractivity contribution is 0.190. The smallest absolute Gasteiger partial charge is 0.0700 e. The quantitative estimate of drug-likeness (QED) is 0.594. The largest absolute Gasteiger partial charge is 0.373 e. The Hall–Kier alpha value is -0.970. The average molecular weight is 401 g/mol. The van der Waals surface area contributed by atoms with E-state index in [1.54, 1.807) is 0 Å². The third-order valence-corrected chi connectivity index (χ3v) is 4.90. The van der Waals surface area contributed by atoms with Crippen molar-refractivity contribution in [2.24, 2.45) is 0 Å². The van der Waals surface area contributed by atoms with Crippen LogP contribution in [0.25, 0.3) is 0 Å². The first-order chi connectivity index (χ1) is 10.8. The summed E-state index contributed by atoms with van der Waals surface area (Å²) in [6.07, 6.45) is 10.1. The number of nitrogens with zero attached hydrogens (tertiary/aromatic N) is 3. The zero-order chi connectivity index (χ0) is 17.4. The number of hydrogen-bond acceptors (Lipinski definition) is 3. The van der Waals surface area contributed by atoms with Gasteiger partial charge in [-0.1, -0.05) is 36.9 Å². The molecule has 0 radical (unpaired) electrons. The molecule has 0 N–H and O–H groups in total. The maximum absolute atomic E-state index is 6.11. The topological polar surface area (TPSA) is 9.72 Å². The highest BCUT2D eigenvalue weighted by molar-refractivity contribution is 9.12. The molecule has 0 aromatic carbocycles. The lowest BCUT2D eigenvalue weighted by Gasteiger charge is -2.34. The fourth-order valence-corrected chi connectivity index (χ4v) is 2.45. The van der Waals surface area contributed by atoms with Crippen LogP contribution >= 0.6 is 27.5 Å². The van der Waals surface area contributed by atoms with E-state index in [9.17, 15) is 0 Å². The third-order valence-electron chi connectivity index (χ3n) is 3.92. The molecule has 3 nitrogen and oxygen atoms in total. The van der Waals surface area contributed by atoms with Gasteiger partial charge in [0.25, 0.3) is 0 Å². The first-order valence-electron chi connectivity index (χ1n) is 7.73. The maximum Gasteiger partial charge on any atom is 0.0700 e. The average Bonchev–Trinajstić information content (AvgIpc) is 2.51. The van der Waals surface area contributed by atoms with Crippen molar-refractivity contribution in [1.82, 2.24) is 14.7 Å². The number of allylic oxidation sites excluding steroid dienone is 5. The molecular formula is C18H27BrClN3. The summed E-state index contributed by atoms with van der Waals surface area (Å²) < 4.78 is 0.687. The first-order valence-corrected chi connectivity index (χ1v) is 8.90. The minimum atomic E-state index is 0.219. The second kappa shape index (κ2) is 10.0. The van der Waals surface area contributed by atoms with Gasteiger partial charge in [0.2, 0.25) is 0 Å². The number of likely N-dealkylation sites (N-methyl/N-ethyl adjacent to an activating group) is 2. The SMILES string of the molecule is C=C/C=C(\C=C/C(C)N(C)/C=C(/Cl)C(=C)Br)N1CCN(C)CC1. The molecule has 1 saturated heterocycles. The predicted molar refractivity (Wildman–Crippen MR) is 106 cm³/mol. The number of hydrogen-bond donors (Lipinski definition) is 0. The lowest BCUT2D eigenvalue weighted by Crippen LogP contribution is -2.43.